The topological polar surface area (TPSA) is 68.3 Å². The molecule has 0 aliphatic heterocycles. The summed E-state index contributed by atoms with van der Waals surface area (Å²) in [6, 6.07) is 11.4. The fraction of sp³-hybridized carbons (Fsp3) is 0.278. The van der Waals surface area contributed by atoms with Gasteiger partial charge in [0.15, 0.2) is 0 Å². The number of unbranched alkanes of at least 4 members (excludes halogenated alkanes) is 1. The number of methoxy groups -OCH3 is 1. The number of pyridine rings is 1. The summed E-state index contributed by atoms with van der Waals surface area (Å²) in [5.74, 6) is -0.391. The summed E-state index contributed by atoms with van der Waals surface area (Å²) in [6.45, 7) is 0.507. The largest absolute Gasteiger partial charge is 0.469 e. The van der Waals surface area contributed by atoms with Crippen molar-refractivity contribution in [2.45, 2.75) is 29.2 Å². The highest BCUT2D eigenvalue weighted by Gasteiger charge is 2.13. The highest BCUT2D eigenvalue weighted by Crippen LogP contribution is 2.29. The Morgan fingerprint density at radius 1 is 1.20 bits per heavy atom. The summed E-state index contributed by atoms with van der Waals surface area (Å²) in [7, 11) is 1.37. The quantitative estimate of drug-likeness (QED) is 0.512. The number of nitrogens with one attached hydrogen (secondary N) is 1. The van der Waals surface area contributed by atoms with E-state index in [4.69, 9.17) is 0 Å². The molecular formula is C18H19BrN2O3S. The second-order valence-electron chi connectivity index (χ2n) is 5.20. The van der Waals surface area contributed by atoms with Crippen molar-refractivity contribution in [3.63, 3.8) is 0 Å². The van der Waals surface area contributed by atoms with Gasteiger partial charge in [-0.3, -0.25) is 9.59 Å². The molecule has 2 rings (SSSR count). The van der Waals surface area contributed by atoms with Crippen LogP contribution in [0.25, 0.3) is 0 Å². The summed E-state index contributed by atoms with van der Waals surface area (Å²) in [4.78, 5) is 28.8. The van der Waals surface area contributed by atoms with E-state index in [1.165, 1.54) is 18.9 Å². The van der Waals surface area contributed by atoms with Gasteiger partial charge in [-0.15, -0.1) is 0 Å². The molecule has 132 valence electrons. The summed E-state index contributed by atoms with van der Waals surface area (Å²) in [6.07, 6.45) is 3.44. The molecule has 7 heteroatoms. The molecule has 0 saturated carbocycles. The maximum absolute atomic E-state index is 12.4. The number of carbonyl (C=O) groups excluding carboxylic acids is 2. The van der Waals surface area contributed by atoms with E-state index in [2.05, 4.69) is 31.0 Å². The Bertz CT molecular complexity index is 723. The maximum atomic E-state index is 12.4. The van der Waals surface area contributed by atoms with Crippen LogP contribution in [0, 0.1) is 0 Å². The van der Waals surface area contributed by atoms with Crippen molar-refractivity contribution >= 4 is 39.6 Å². The summed E-state index contributed by atoms with van der Waals surface area (Å²) in [5, 5.41) is 3.54. The molecule has 1 aromatic carbocycles. The van der Waals surface area contributed by atoms with Gasteiger partial charge >= 0.3 is 5.97 Å². The Hall–Kier alpha value is -1.86. The molecule has 5 nitrogen and oxygen atoms in total. The number of ether oxygens (including phenoxy) is 1. The normalized spacial score (nSPS) is 10.3. The van der Waals surface area contributed by atoms with Gasteiger partial charge < -0.3 is 10.1 Å². The minimum Gasteiger partial charge on any atom is -0.469 e. The van der Waals surface area contributed by atoms with Gasteiger partial charge in [0.05, 0.1) is 12.7 Å². The molecule has 1 heterocycles. The van der Waals surface area contributed by atoms with Crippen LogP contribution in [0.15, 0.2) is 57.0 Å². The standard InChI is InChI=1S/C18H19BrN2O3S/c1-24-16(22)6-2-3-11-20-17(23)15-5-4-12-21-18(15)25-14-9-7-13(19)8-10-14/h4-5,7-10,12H,2-3,6,11H2,1H3,(H,20,23). The number of nitrogens with zero attached hydrogens (tertiary/aromatic N) is 1. The zero-order valence-electron chi connectivity index (χ0n) is 13.8. The lowest BCUT2D eigenvalue weighted by Crippen LogP contribution is -2.25. The number of aromatic nitrogens is 1. The SMILES string of the molecule is COC(=O)CCCCNC(=O)c1cccnc1Sc1ccc(Br)cc1. The zero-order chi connectivity index (χ0) is 18.1. The predicted octanol–water partition coefficient (Wildman–Crippen LogP) is 4.07. The van der Waals surface area contributed by atoms with Crippen LogP contribution >= 0.6 is 27.7 Å². The van der Waals surface area contributed by atoms with Crippen LogP contribution < -0.4 is 5.32 Å². The zero-order valence-corrected chi connectivity index (χ0v) is 16.2. The first-order valence-electron chi connectivity index (χ1n) is 7.83. The lowest BCUT2D eigenvalue weighted by molar-refractivity contribution is -0.140. The molecule has 1 aromatic heterocycles. The summed E-state index contributed by atoms with van der Waals surface area (Å²) in [5.41, 5.74) is 0.545. The first kappa shape index (κ1) is 19.5. The van der Waals surface area contributed by atoms with Crippen LogP contribution in [0.5, 0.6) is 0 Å². The molecule has 0 aliphatic rings. The van der Waals surface area contributed by atoms with Crippen LogP contribution in [0.3, 0.4) is 0 Å². The van der Waals surface area contributed by atoms with Gasteiger partial charge in [0.2, 0.25) is 0 Å². The first-order valence-corrected chi connectivity index (χ1v) is 9.44. The molecule has 1 N–H and O–H groups in total. The third-order valence-corrected chi connectivity index (χ3v) is 4.92. The molecule has 2 aromatic rings. The van der Waals surface area contributed by atoms with Crippen LogP contribution in [0.4, 0.5) is 0 Å². The van der Waals surface area contributed by atoms with Crippen molar-refractivity contribution in [1.82, 2.24) is 10.3 Å². The number of benzene rings is 1. The number of amides is 1. The van der Waals surface area contributed by atoms with E-state index < -0.39 is 0 Å². The first-order chi connectivity index (χ1) is 12.1. The maximum Gasteiger partial charge on any atom is 0.305 e. The van der Waals surface area contributed by atoms with Gasteiger partial charge in [-0.05, 0) is 49.2 Å². The van der Waals surface area contributed by atoms with Gasteiger partial charge in [0.1, 0.15) is 5.03 Å². The number of hydrogen-bond donors (Lipinski definition) is 1. The Balaban J connectivity index is 1.91. The van der Waals surface area contributed by atoms with E-state index in [1.54, 1.807) is 18.3 Å². The molecule has 0 atom stereocenters. The van der Waals surface area contributed by atoms with Gasteiger partial charge in [-0.2, -0.15) is 0 Å². The molecule has 0 bridgehead atoms. The molecule has 0 spiro atoms. The van der Waals surface area contributed by atoms with E-state index in [1.807, 2.05) is 24.3 Å². The van der Waals surface area contributed by atoms with Gasteiger partial charge in [-0.25, -0.2) is 4.98 Å². The molecule has 0 fully saturated rings. The van der Waals surface area contributed by atoms with Crippen molar-refractivity contribution in [2.75, 3.05) is 13.7 Å². The van der Waals surface area contributed by atoms with E-state index in [-0.39, 0.29) is 11.9 Å². The number of esters is 1. The number of rotatable bonds is 8. The predicted molar refractivity (Wildman–Crippen MR) is 101 cm³/mol. The molecule has 0 aliphatic carbocycles. The smallest absolute Gasteiger partial charge is 0.305 e. The monoisotopic (exact) mass is 422 g/mol. The summed E-state index contributed by atoms with van der Waals surface area (Å²) < 4.78 is 5.59. The summed E-state index contributed by atoms with van der Waals surface area (Å²) >= 11 is 4.85. The average molecular weight is 423 g/mol. The van der Waals surface area contributed by atoms with Crippen molar-refractivity contribution in [2.24, 2.45) is 0 Å². The van der Waals surface area contributed by atoms with Crippen molar-refractivity contribution < 1.29 is 14.3 Å². The van der Waals surface area contributed by atoms with Gasteiger partial charge in [0.25, 0.3) is 5.91 Å². The molecule has 0 unspecified atom stereocenters. The second kappa shape index (κ2) is 10.2. The Morgan fingerprint density at radius 3 is 2.68 bits per heavy atom. The number of hydrogen-bond acceptors (Lipinski definition) is 5. The lowest BCUT2D eigenvalue weighted by Gasteiger charge is -2.09. The van der Waals surface area contributed by atoms with Gasteiger partial charge in [0, 0.05) is 28.5 Å². The Morgan fingerprint density at radius 2 is 1.96 bits per heavy atom. The van der Waals surface area contributed by atoms with Crippen LogP contribution in [-0.2, 0) is 9.53 Å². The minimum absolute atomic E-state index is 0.161. The van der Waals surface area contributed by atoms with E-state index in [0.717, 1.165) is 15.8 Å². The average Bonchev–Trinajstić information content (AvgIpc) is 2.63. The third-order valence-electron chi connectivity index (χ3n) is 3.36. The van der Waals surface area contributed by atoms with Gasteiger partial charge in [-0.1, -0.05) is 27.7 Å². The lowest BCUT2D eigenvalue weighted by atomic mass is 10.2. The molecule has 0 saturated heterocycles. The van der Waals surface area contributed by atoms with E-state index in [0.29, 0.717) is 30.0 Å². The van der Waals surface area contributed by atoms with Crippen LogP contribution in [-0.4, -0.2) is 30.5 Å². The van der Waals surface area contributed by atoms with E-state index >= 15 is 0 Å². The van der Waals surface area contributed by atoms with E-state index in [9.17, 15) is 9.59 Å². The molecular weight excluding hydrogens is 404 g/mol. The second-order valence-corrected chi connectivity index (χ2v) is 7.18. The van der Waals surface area contributed by atoms with Crippen molar-refractivity contribution in [1.29, 1.82) is 0 Å². The van der Waals surface area contributed by atoms with Crippen LogP contribution in [0.2, 0.25) is 0 Å². The third kappa shape index (κ3) is 6.51. The number of halogens is 1. The van der Waals surface area contributed by atoms with Crippen LogP contribution in [0.1, 0.15) is 29.6 Å². The fourth-order valence-electron chi connectivity index (χ4n) is 2.05. The highest BCUT2D eigenvalue weighted by molar-refractivity contribution is 9.10. The highest BCUT2D eigenvalue weighted by atomic mass is 79.9. The molecule has 0 radical (unpaired) electrons. The Kier molecular flexibility index (Phi) is 7.94. The molecule has 1 amide bonds. The minimum atomic E-state index is -0.230. The number of carbonyl (C=O) groups is 2. The Labute approximate surface area is 159 Å². The molecule has 25 heavy (non-hydrogen) atoms. The fourth-order valence-corrected chi connectivity index (χ4v) is 3.20. The van der Waals surface area contributed by atoms with Crippen molar-refractivity contribution in [3.05, 3.63) is 52.6 Å². The van der Waals surface area contributed by atoms with Crippen molar-refractivity contribution in [3.8, 4) is 0 Å².